The first-order chi connectivity index (χ1) is 11.8. The van der Waals surface area contributed by atoms with Crippen LogP contribution in [0.15, 0.2) is 36.4 Å². The SMILES string of the molecule is O=C(C=Cc1ccccc1)NCC1CCN(C2CCSCC2)CC1. The molecule has 2 aliphatic rings. The molecule has 0 aliphatic carbocycles. The first-order valence-electron chi connectivity index (χ1n) is 9.14. The molecule has 0 spiro atoms. The molecule has 2 fully saturated rings. The van der Waals surface area contributed by atoms with Gasteiger partial charge in [-0.3, -0.25) is 4.79 Å². The van der Waals surface area contributed by atoms with Crippen LogP contribution in [0.1, 0.15) is 31.2 Å². The Bertz CT molecular complexity index is 532. The van der Waals surface area contributed by atoms with Crippen molar-refractivity contribution in [2.75, 3.05) is 31.1 Å². The second kappa shape index (κ2) is 9.28. The Morgan fingerprint density at radius 3 is 2.54 bits per heavy atom. The Labute approximate surface area is 149 Å². The topological polar surface area (TPSA) is 32.3 Å². The lowest BCUT2D eigenvalue weighted by molar-refractivity contribution is -0.116. The fourth-order valence-corrected chi connectivity index (χ4v) is 4.69. The number of carbonyl (C=O) groups is 1. The minimum Gasteiger partial charge on any atom is -0.352 e. The van der Waals surface area contributed by atoms with E-state index in [0.29, 0.717) is 5.92 Å². The fraction of sp³-hybridized carbons (Fsp3) is 0.550. The van der Waals surface area contributed by atoms with Gasteiger partial charge in [-0.15, -0.1) is 0 Å². The minimum atomic E-state index is 0.0191. The van der Waals surface area contributed by atoms with Crippen LogP contribution in [-0.4, -0.2) is 48.0 Å². The molecule has 3 nitrogen and oxygen atoms in total. The predicted molar refractivity (Wildman–Crippen MR) is 103 cm³/mol. The Kier molecular flexibility index (Phi) is 6.79. The molecule has 4 heteroatoms. The first kappa shape index (κ1) is 17.6. The van der Waals surface area contributed by atoms with Crippen LogP contribution in [-0.2, 0) is 4.79 Å². The zero-order chi connectivity index (χ0) is 16.6. The van der Waals surface area contributed by atoms with Gasteiger partial charge in [-0.25, -0.2) is 0 Å². The highest BCUT2D eigenvalue weighted by molar-refractivity contribution is 7.99. The van der Waals surface area contributed by atoms with Crippen LogP contribution >= 0.6 is 11.8 Å². The van der Waals surface area contributed by atoms with E-state index in [0.717, 1.165) is 18.2 Å². The summed E-state index contributed by atoms with van der Waals surface area (Å²) in [4.78, 5) is 14.6. The number of thioether (sulfide) groups is 1. The van der Waals surface area contributed by atoms with Gasteiger partial charge in [-0.2, -0.15) is 11.8 Å². The lowest BCUT2D eigenvalue weighted by atomic mass is 9.94. The van der Waals surface area contributed by atoms with E-state index < -0.39 is 0 Å². The van der Waals surface area contributed by atoms with Crippen LogP contribution in [0.25, 0.3) is 6.08 Å². The molecule has 1 aromatic carbocycles. The number of hydrogen-bond donors (Lipinski definition) is 1. The Morgan fingerprint density at radius 2 is 1.83 bits per heavy atom. The predicted octanol–water partition coefficient (Wildman–Crippen LogP) is 3.42. The molecule has 0 saturated carbocycles. The monoisotopic (exact) mass is 344 g/mol. The van der Waals surface area contributed by atoms with Crippen molar-refractivity contribution in [2.45, 2.75) is 31.7 Å². The number of hydrogen-bond acceptors (Lipinski definition) is 3. The molecule has 0 aromatic heterocycles. The van der Waals surface area contributed by atoms with E-state index in [9.17, 15) is 4.79 Å². The molecule has 2 aliphatic heterocycles. The van der Waals surface area contributed by atoms with Crippen molar-refractivity contribution in [1.82, 2.24) is 10.2 Å². The van der Waals surface area contributed by atoms with Crippen LogP contribution in [0.5, 0.6) is 0 Å². The van der Waals surface area contributed by atoms with Gasteiger partial charge in [0.1, 0.15) is 0 Å². The lowest BCUT2D eigenvalue weighted by Crippen LogP contribution is -2.44. The average Bonchev–Trinajstić information content (AvgIpc) is 2.67. The summed E-state index contributed by atoms with van der Waals surface area (Å²) >= 11 is 2.10. The molecular weight excluding hydrogens is 316 g/mol. The number of piperidine rings is 1. The van der Waals surface area contributed by atoms with E-state index in [1.807, 2.05) is 36.4 Å². The van der Waals surface area contributed by atoms with Crippen LogP contribution in [0.2, 0.25) is 0 Å². The number of amides is 1. The molecule has 1 amide bonds. The Morgan fingerprint density at radius 1 is 1.12 bits per heavy atom. The highest BCUT2D eigenvalue weighted by Gasteiger charge is 2.26. The van der Waals surface area contributed by atoms with Gasteiger partial charge in [0.05, 0.1) is 0 Å². The molecule has 0 atom stereocenters. The highest BCUT2D eigenvalue weighted by atomic mass is 32.2. The quantitative estimate of drug-likeness (QED) is 0.831. The second-order valence-electron chi connectivity index (χ2n) is 6.81. The van der Waals surface area contributed by atoms with Crippen LogP contribution in [0.4, 0.5) is 0 Å². The van der Waals surface area contributed by atoms with Gasteiger partial charge >= 0.3 is 0 Å². The van der Waals surface area contributed by atoms with Gasteiger partial charge in [0.25, 0.3) is 0 Å². The van der Waals surface area contributed by atoms with Crippen molar-refractivity contribution in [3.63, 3.8) is 0 Å². The zero-order valence-corrected chi connectivity index (χ0v) is 15.1. The Hall–Kier alpha value is -1.26. The van der Waals surface area contributed by atoms with E-state index in [-0.39, 0.29) is 5.91 Å². The van der Waals surface area contributed by atoms with E-state index in [1.54, 1.807) is 6.08 Å². The van der Waals surface area contributed by atoms with Crippen LogP contribution in [0.3, 0.4) is 0 Å². The summed E-state index contributed by atoms with van der Waals surface area (Å²) in [5.74, 6) is 3.31. The summed E-state index contributed by atoms with van der Waals surface area (Å²) in [6.07, 6.45) is 8.66. The summed E-state index contributed by atoms with van der Waals surface area (Å²) in [7, 11) is 0. The third-order valence-electron chi connectivity index (χ3n) is 5.15. The standard InChI is InChI=1S/C20H28N2OS/c23-20(7-6-17-4-2-1-3-5-17)21-16-18-8-12-22(13-9-18)19-10-14-24-15-11-19/h1-7,18-19H,8-16H2,(H,21,23). The van der Waals surface area contributed by atoms with Crippen LogP contribution in [0, 0.1) is 5.92 Å². The fourth-order valence-electron chi connectivity index (χ4n) is 3.61. The summed E-state index contributed by atoms with van der Waals surface area (Å²) < 4.78 is 0. The largest absolute Gasteiger partial charge is 0.352 e. The molecule has 24 heavy (non-hydrogen) atoms. The molecule has 2 heterocycles. The van der Waals surface area contributed by atoms with Crippen molar-refractivity contribution in [2.24, 2.45) is 5.92 Å². The van der Waals surface area contributed by atoms with Gasteiger partial charge in [0, 0.05) is 18.7 Å². The number of nitrogens with one attached hydrogen (secondary N) is 1. The lowest BCUT2D eigenvalue weighted by Gasteiger charge is -2.39. The maximum Gasteiger partial charge on any atom is 0.244 e. The normalized spacial score (nSPS) is 21.2. The smallest absolute Gasteiger partial charge is 0.244 e. The van der Waals surface area contributed by atoms with E-state index in [4.69, 9.17) is 0 Å². The number of carbonyl (C=O) groups excluding carboxylic acids is 1. The van der Waals surface area contributed by atoms with Crippen molar-refractivity contribution in [3.8, 4) is 0 Å². The van der Waals surface area contributed by atoms with Crippen molar-refractivity contribution in [3.05, 3.63) is 42.0 Å². The van der Waals surface area contributed by atoms with E-state index in [2.05, 4.69) is 22.0 Å². The van der Waals surface area contributed by atoms with Gasteiger partial charge in [0.2, 0.25) is 5.91 Å². The average molecular weight is 345 g/mol. The van der Waals surface area contributed by atoms with E-state index >= 15 is 0 Å². The highest BCUT2D eigenvalue weighted by Crippen LogP contribution is 2.26. The molecule has 0 unspecified atom stereocenters. The number of benzene rings is 1. The summed E-state index contributed by atoms with van der Waals surface area (Å²) in [5, 5.41) is 3.07. The molecule has 130 valence electrons. The molecule has 1 aromatic rings. The van der Waals surface area contributed by atoms with E-state index in [1.165, 1.54) is 50.3 Å². The first-order valence-corrected chi connectivity index (χ1v) is 10.3. The van der Waals surface area contributed by atoms with Gasteiger partial charge in [-0.05, 0) is 67.8 Å². The second-order valence-corrected chi connectivity index (χ2v) is 8.04. The molecular formula is C20H28N2OS. The third-order valence-corrected chi connectivity index (χ3v) is 6.20. The van der Waals surface area contributed by atoms with Gasteiger partial charge in [0.15, 0.2) is 0 Å². The van der Waals surface area contributed by atoms with Crippen molar-refractivity contribution < 1.29 is 4.79 Å². The molecule has 3 rings (SSSR count). The Balaban J connectivity index is 1.35. The molecule has 0 radical (unpaired) electrons. The summed E-state index contributed by atoms with van der Waals surface area (Å²) in [6.45, 7) is 3.22. The third kappa shape index (κ3) is 5.38. The van der Waals surface area contributed by atoms with Gasteiger partial charge < -0.3 is 10.2 Å². The van der Waals surface area contributed by atoms with Crippen LogP contribution < -0.4 is 5.32 Å². The summed E-state index contributed by atoms with van der Waals surface area (Å²) in [5.41, 5.74) is 1.06. The molecule has 2 saturated heterocycles. The number of rotatable bonds is 5. The van der Waals surface area contributed by atoms with Crippen molar-refractivity contribution in [1.29, 1.82) is 0 Å². The molecule has 0 bridgehead atoms. The number of nitrogens with zero attached hydrogens (tertiary/aromatic N) is 1. The minimum absolute atomic E-state index is 0.0191. The van der Waals surface area contributed by atoms with Crippen molar-refractivity contribution >= 4 is 23.7 Å². The maximum atomic E-state index is 12.0. The van der Waals surface area contributed by atoms with Gasteiger partial charge in [-0.1, -0.05) is 30.3 Å². The molecule has 1 N–H and O–H groups in total. The zero-order valence-electron chi connectivity index (χ0n) is 14.3. The maximum absolute atomic E-state index is 12.0. The summed E-state index contributed by atoms with van der Waals surface area (Å²) in [6, 6.07) is 10.8. The number of likely N-dealkylation sites (tertiary alicyclic amines) is 1.